The molecule has 1 amide bonds. The van der Waals surface area contributed by atoms with Gasteiger partial charge in [-0.15, -0.1) is 0 Å². The molecule has 1 saturated heterocycles. The van der Waals surface area contributed by atoms with Crippen molar-refractivity contribution in [3.8, 4) is 0 Å². The molecule has 23 heavy (non-hydrogen) atoms. The van der Waals surface area contributed by atoms with Crippen molar-refractivity contribution in [2.24, 2.45) is 5.41 Å². The average molecular weight is 320 g/mol. The zero-order valence-electron chi connectivity index (χ0n) is 13.9. The number of rotatable bonds is 4. The molecule has 1 aliphatic rings. The Morgan fingerprint density at radius 2 is 2.17 bits per heavy atom. The van der Waals surface area contributed by atoms with Crippen molar-refractivity contribution in [3.63, 3.8) is 0 Å². The second-order valence-electron chi connectivity index (χ2n) is 7.10. The summed E-state index contributed by atoms with van der Waals surface area (Å²) in [5, 5.41) is 9.68. The summed E-state index contributed by atoms with van der Waals surface area (Å²) in [6.45, 7) is 6.00. The molecule has 0 saturated carbocycles. The van der Waals surface area contributed by atoms with Crippen LogP contribution in [-0.2, 0) is 16.0 Å². The zero-order chi connectivity index (χ0) is 17.1. The minimum absolute atomic E-state index is 0.192. The number of aliphatic carboxylic acids is 1. The Labute approximate surface area is 136 Å². The number of carboxylic acids is 1. The van der Waals surface area contributed by atoms with E-state index in [1.807, 2.05) is 12.1 Å². The Balaban J connectivity index is 2.02. The van der Waals surface area contributed by atoms with Gasteiger partial charge in [-0.2, -0.15) is 0 Å². The third kappa shape index (κ3) is 4.43. The van der Waals surface area contributed by atoms with Crippen molar-refractivity contribution in [1.29, 1.82) is 0 Å². The summed E-state index contributed by atoms with van der Waals surface area (Å²) in [6, 6.07) is 3.77. The first-order valence-electron chi connectivity index (χ1n) is 7.82. The third-order valence-electron chi connectivity index (χ3n) is 4.07. The summed E-state index contributed by atoms with van der Waals surface area (Å²) in [5.41, 5.74) is -0.488. The molecule has 2 rings (SSSR count). The molecule has 1 aliphatic heterocycles. The number of carbonyl (C=O) groups excluding carboxylic acids is 1. The second kappa shape index (κ2) is 6.56. The molecule has 126 valence electrons. The van der Waals surface area contributed by atoms with Gasteiger partial charge in [-0.05, 0) is 51.7 Å². The fourth-order valence-electron chi connectivity index (χ4n) is 2.77. The topological polar surface area (TPSA) is 79.7 Å². The van der Waals surface area contributed by atoms with Crippen LogP contribution in [0.25, 0.3) is 0 Å². The Kier molecular flexibility index (Phi) is 4.92. The smallest absolute Gasteiger partial charge is 0.410 e. The van der Waals surface area contributed by atoms with Crippen LogP contribution in [0.3, 0.4) is 0 Å². The minimum Gasteiger partial charge on any atom is -0.481 e. The predicted molar refractivity (Wildman–Crippen MR) is 85.1 cm³/mol. The number of nitrogens with zero attached hydrogens (tertiary/aromatic N) is 2. The first-order chi connectivity index (χ1) is 10.7. The second-order valence-corrected chi connectivity index (χ2v) is 7.10. The molecule has 0 aromatic carbocycles. The van der Waals surface area contributed by atoms with E-state index in [1.165, 1.54) is 4.90 Å². The average Bonchev–Trinajstić information content (AvgIpc) is 2.90. The Morgan fingerprint density at radius 3 is 2.74 bits per heavy atom. The van der Waals surface area contributed by atoms with Gasteiger partial charge in [0, 0.05) is 25.5 Å². The first-order valence-corrected chi connectivity index (χ1v) is 7.82. The van der Waals surface area contributed by atoms with Gasteiger partial charge in [0.15, 0.2) is 0 Å². The maximum absolute atomic E-state index is 12.1. The highest BCUT2D eigenvalue weighted by Gasteiger charge is 2.46. The van der Waals surface area contributed by atoms with Crippen LogP contribution in [0.1, 0.15) is 39.2 Å². The van der Waals surface area contributed by atoms with E-state index in [0.29, 0.717) is 25.8 Å². The highest BCUT2D eigenvalue weighted by molar-refractivity contribution is 5.78. The molecule has 1 atom stereocenters. The zero-order valence-corrected chi connectivity index (χ0v) is 13.9. The van der Waals surface area contributed by atoms with Gasteiger partial charge < -0.3 is 14.7 Å². The Hall–Kier alpha value is -2.11. The highest BCUT2D eigenvalue weighted by Crippen LogP contribution is 2.36. The van der Waals surface area contributed by atoms with E-state index in [0.717, 1.165) is 5.56 Å². The van der Waals surface area contributed by atoms with E-state index in [2.05, 4.69) is 4.98 Å². The van der Waals surface area contributed by atoms with Crippen LogP contribution in [0.15, 0.2) is 24.5 Å². The van der Waals surface area contributed by atoms with Crippen molar-refractivity contribution in [3.05, 3.63) is 30.1 Å². The fourth-order valence-corrected chi connectivity index (χ4v) is 2.77. The van der Waals surface area contributed by atoms with Crippen LogP contribution in [-0.4, -0.2) is 45.7 Å². The number of carbonyl (C=O) groups is 2. The van der Waals surface area contributed by atoms with Crippen LogP contribution in [0.4, 0.5) is 4.79 Å². The summed E-state index contributed by atoms with van der Waals surface area (Å²) in [4.78, 5) is 29.5. The van der Waals surface area contributed by atoms with E-state index in [4.69, 9.17) is 4.74 Å². The van der Waals surface area contributed by atoms with Crippen LogP contribution in [0.2, 0.25) is 0 Å². The summed E-state index contributed by atoms with van der Waals surface area (Å²) in [5.74, 6) is -0.854. The standard InChI is InChI=1S/C17H24N2O4/c1-16(2,3)23-15(22)19-10-8-17(12-19,14(20)21)7-6-13-5-4-9-18-11-13/h4-5,9,11H,6-8,10,12H2,1-3H3,(H,20,21). The van der Waals surface area contributed by atoms with Crippen molar-refractivity contribution >= 4 is 12.1 Å². The first kappa shape index (κ1) is 17.2. The third-order valence-corrected chi connectivity index (χ3v) is 4.07. The van der Waals surface area contributed by atoms with E-state index in [1.54, 1.807) is 33.2 Å². The molecule has 6 nitrogen and oxygen atoms in total. The summed E-state index contributed by atoms with van der Waals surface area (Å²) in [6.07, 6.45) is 4.55. The number of aromatic nitrogens is 1. The molecule has 1 aromatic rings. The van der Waals surface area contributed by atoms with Crippen LogP contribution < -0.4 is 0 Å². The lowest BCUT2D eigenvalue weighted by molar-refractivity contribution is -0.148. The molecule has 0 bridgehead atoms. The van der Waals surface area contributed by atoms with Crippen LogP contribution >= 0.6 is 0 Å². The van der Waals surface area contributed by atoms with Gasteiger partial charge in [0.1, 0.15) is 5.60 Å². The van der Waals surface area contributed by atoms with Crippen LogP contribution in [0, 0.1) is 5.41 Å². The number of likely N-dealkylation sites (tertiary alicyclic amines) is 1. The maximum atomic E-state index is 12.1. The summed E-state index contributed by atoms with van der Waals surface area (Å²) < 4.78 is 5.34. The molecule has 0 spiro atoms. The number of hydrogen-bond donors (Lipinski definition) is 1. The molecule has 1 aromatic heterocycles. The van der Waals surface area contributed by atoms with E-state index < -0.39 is 23.1 Å². The van der Waals surface area contributed by atoms with Gasteiger partial charge in [0.05, 0.1) is 5.41 Å². The number of pyridine rings is 1. The maximum Gasteiger partial charge on any atom is 0.410 e. The number of aryl methyl sites for hydroxylation is 1. The highest BCUT2D eigenvalue weighted by atomic mass is 16.6. The molecule has 1 fully saturated rings. The van der Waals surface area contributed by atoms with E-state index in [9.17, 15) is 14.7 Å². The fraction of sp³-hybridized carbons (Fsp3) is 0.588. The van der Waals surface area contributed by atoms with Crippen LogP contribution in [0.5, 0.6) is 0 Å². The number of hydrogen-bond acceptors (Lipinski definition) is 4. The Morgan fingerprint density at radius 1 is 1.43 bits per heavy atom. The van der Waals surface area contributed by atoms with Gasteiger partial charge in [0.2, 0.25) is 0 Å². The molecular weight excluding hydrogens is 296 g/mol. The van der Waals surface area contributed by atoms with Gasteiger partial charge in [-0.25, -0.2) is 4.79 Å². The van der Waals surface area contributed by atoms with E-state index >= 15 is 0 Å². The lowest BCUT2D eigenvalue weighted by Crippen LogP contribution is -2.39. The van der Waals surface area contributed by atoms with Gasteiger partial charge in [0.25, 0.3) is 0 Å². The van der Waals surface area contributed by atoms with E-state index in [-0.39, 0.29) is 6.54 Å². The lowest BCUT2D eigenvalue weighted by Gasteiger charge is -2.27. The van der Waals surface area contributed by atoms with Crippen molar-refractivity contribution < 1.29 is 19.4 Å². The van der Waals surface area contributed by atoms with Crippen molar-refractivity contribution in [2.75, 3.05) is 13.1 Å². The molecule has 1 unspecified atom stereocenters. The normalized spacial score (nSPS) is 21.3. The largest absolute Gasteiger partial charge is 0.481 e. The Bertz CT molecular complexity index is 568. The van der Waals surface area contributed by atoms with Crippen molar-refractivity contribution in [1.82, 2.24) is 9.88 Å². The molecule has 0 radical (unpaired) electrons. The molecule has 2 heterocycles. The summed E-state index contributed by atoms with van der Waals surface area (Å²) >= 11 is 0. The lowest BCUT2D eigenvalue weighted by atomic mass is 9.81. The monoisotopic (exact) mass is 320 g/mol. The number of amides is 1. The minimum atomic E-state index is -0.910. The van der Waals surface area contributed by atoms with Gasteiger partial charge in [-0.3, -0.25) is 9.78 Å². The molecule has 0 aliphatic carbocycles. The molecule has 1 N–H and O–H groups in total. The van der Waals surface area contributed by atoms with Crippen molar-refractivity contribution in [2.45, 2.75) is 45.6 Å². The number of ether oxygens (including phenoxy) is 1. The van der Waals surface area contributed by atoms with Gasteiger partial charge in [-0.1, -0.05) is 6.07 Å². The number of carboxylic acid groups (broad SMARTS) is 1. The SMILES string of the molecule is CC(C)(C)OC(=O)N1CCC(CCc2cccnc2)(C(=O)O)C1. The van der Waals surface area contributed by atoms with Gasteiger partial charge >= 0.3 is 12.1 Å². The summed E-state index contributed by atoms with van der Waals surface area (Å²) in [7, 11) is 0. The quantitative estimate of drug-likeness (QED) is 0.922. The predicted octanol–water partition coefficient (Wildman–Crippen LogP) is 2.73. The molecular formula is C17H24N2O4. The molecule has 6 heteroatoms.